The standard InChI is InChI=1S/C9H13N3O2/c1-6-8(12-4-2-3-5-12)7(9(13)14)11-10-6/h2-5H2,1H3,(H,10,11)(H,13,14). The van der Waals surface area contributed by atoms with Crippen LogP contribution in [0.25, 0.3) is 0 Å². The van der Waals surface area contributed by atoms with Crippen LogP contribution in [0, 0.1) is 6.92 Å². The van der Waals surface area contributed by atoms with Gasteiger partial charge in [-0.1, -0.05) is 0 Å². The number of aromatic nitrogens is 2. The van der Waals surface area contributed by atoms with E-state index in [1.165, 1.54) is 0 Å². The summed E-state index contributed by atoms with van der Waals surface area (Å²) in [7, 11) is 0. The third-order valence-corrected chi connectivity index (χ3v) is 2.54. The Morgan fingerprint density at radius 1 is 1.50 bits per heavy atom. The molecule has 2 rings (SSSR count). The average molecular weight is 195 g/mol. The van der Waals surface area contributed by atoms with Gasteiger partial charge < -0.3 is 10.0 Å². The highest BCUT2D eigenvalue weighted by atomic mass is 16.4. The van der Waals surface area contributed by atoms with Crippen molar-refractivity contribution in [3.63, 3.8) is 0 Å². The van der Waals surface area contributed by atoms with Crippen LogP contribution in [0.4, 0.5) is 5.69 Å². The van der Waals surface area contributed by atoms with Gasteiger partial charge in [-0.3, -0.25) is 5.10 Å². The van der Waals surface area contributed by atoms with Crippen molar-refractivity contribution in [2.45, 2.75) is 19.8 Å². The van der Waals surface area contributed by atoms with Crippen molar-refractivity contribution in [3.8, 4) is 0 Å². The minimum absolute atomic E-state index is 0.143. The van der Waals surface area contributed by atoms with Gasteiger partial charge in [0.2, 0.25) is 0 Å². The van der Waals surface area contributed by atoms with Crippen molar-refractivity contribution >= 4 is 11.7 Å². The molecule has 1 saturated heterocycles. The summed E-state index contributed by atoms with van der Waals surface area (Å²) in [4.78, 5) is 13.0. The molecule has 1 aliphatic rings. The van der Waals surface area contributed by atoms with Crippen molar-refractivity contribution in [1.82, 2.24) is 10.2 Å². The minimum Gasteiger partial charge on any atom is -0.476 e. The number of nitrogens with one attached hydrogen (secondary N) is 1. The van der Waals surface area contributed by atoms with Gasteiger partial charge in [-0.25, -0.2) is 4.79 Å². The van der Waals surface area contributed by atoms with Gasteiger partial charge in [0.25, 0.3) is 0 Å². The van der Waals surface area contributed by atoms with Crippen LogP contribution in [0.1, 0.15) is 29.0 Å². The maximum absolute atomic E-state index is 10.9. The van der Waals surface area contributed by atoms with E-state index in [4.69, 9.17) is 5.11 Å². The molecule has 14 heavy (non-hydrogen) atoms. The van der Waals surface area contributed by atoms with Gasteiger partial charge in [-0.2, -0.15) is 5.10 Å². The van der Waals surface area contributed by atoms with E-state index in [9.17, 15) is 4.79 Å². The first-order valence-electron chi connectivity index (χ1n) is 4.73. The number of nitrogens with zero attached hydrogens (tertiary/aromatic N) is 2. The predicted molar refractivity (Wildman–Crippen MR) is 51.7 cm³/mol. The van der Waals surface area contributed by atoms with Gasteiger partial charge in [0.15, 0.2) is 5.69 Å². The molecule has 2 N–H and O–H groups in total. The summed E-state index contributed by atoms with van der Waals surface area (Å²) < 4.78 is 0. The molecular weight excluding hydrogens is 182 g/mol. The normalized spacial score (nSPS) is 16.2. The molecular formula is C9H13N3O2. The first-order valence-corrected chi connectivity index (χ1v) is 4.73. The second-order valence-electron chi connectivity index (χ2n) is 3.55. The number of rotatable bonds is 2. The monoisotopic (exact) mass is 195 g/mol. The Kier molecular flexibility index (Phi) is 2.15. The number of carboxylic acids is 1. The molecule has 0 saturated carbocycles. The Morgan fingerprint density at radius 2 is 2.14 bits per heavy atom. The summed E-state index contributed by atoms with van der Waals surface area (Å²) in [5, 5.41) is 15.4. The average Bonchev–Trinajstić information content (AvgIpc) is 2.71. The molecule has 0 spiro atoms. The van der Waals surface area contributed by atoms with E-state index in [0.717, 1.165) is 37.3 Å². The number of carbonyl (C=O) groups is 1. The van der Waals surface area contributed by atoms with E-state index in [2.05, 4.69) is 15.1 Å². The summed E-state index contributed by atoms with van der Waals surface area (Å²) in [5.41, 5.74) is 1.74. The molecule has 76 valence electrons. The van der Waals surface area contributed by atoms with Crippen LogP contribution >= 0.6 is 0 Å². The molecule has 1 aromatic rings. The third-order valence-electron chi connectivity index (χ3n) is 2.54. The number of aryl methyl sites for hydroxylation is 1. The maximum atomic E-state index is 10.9. The van der Waals surface area contributed by atoms with Crippen LogP contribution < -0.4 is 4.90 Å². The molecule has 1 aromatic heterocycles. The molecule has 1 aliphatic heterocycles. The number of H-pyrrole nitrogens is 1. The Bertz CT molecular complexity index is 353. The van der Waals surface area contributed by atoms with Gasteiger partial charge >= 0.3 is 5.97 Å². The lowest BCUT2D eigenvalue weighted by Crippen LogP contribution is -2.20. The molecule has 2 heterocycles. The zero-order valence-electron chi connectivity index (χ0n) is 8.08. The zero-order valence-corrected chi connectivity index (χ0v) is 8.08. The van der Waals surface area contributed by atoms with Crippen molar-refractivity contribution in [2.75, 3.05) is 18.0 Å². The van der Waals surface area contributed by atoms with E-state index >= 15 is 0 Å². The van der Waals surface area contributed by atoms with Gasteiger partial charge in [-0.15, -0.1) is 0 Å². The fourth-order valence-electron chi connectivity index (χ4n) is 1.90. The smallest absolute Gasteiger partial charge is 0.358 e. The number of aromatic carboxylic acids is 1. The molecule has 0 atom stereocenters. The van der Waals surface area contributed by atoms with Gasteiger partial charge in [-0.05, 0) is 19.8 Å². The highest BCUT2D eigenvalue weighted by Gasteiger charge is 2.23. The quantitative estimate of drug-likeness (QED) is 0.739. The number of aromatic amines is 1. The van der Waals surface area contributed by atoms with Gasteiger partial charge in [0, 0.05) is 13.1 Å². The lowest BCUT2D eigenvalue weighted by atomic mass is 10.2. The van der Waals surface area contributed by atoms with E-state index in [0.29, 0.717) is 0 Å². The number of carboxylic acid groups (broad SMARTS) is 1. The van der Waals surface area contributed by atoms with Crippen LogP contribution in [0.3, 0.4) is 0 Å². The van der Waals surface area contributed by atoms with Crippen LogP contribution in [0.2, 0.25) is 0 Å². The number of anilines is 1. The first-order chi connectivity index (χ1) is 6.70. The predicted octanol–water partition coefficient (Wildman–Crippen LogP) is 1.02. The topological polar surface area (TPSA) is 69.2 Å². The van der Waals surface area contributed by atoms with E-state index < -0.39 is 5.97 Å². The second kappa shape index (κ2) is 3.32. The largest absolute Gasteiger partial charge is 0.476 e. The minimum atomic E-state index is -0.962. The van der Waals surface area contributed by atoms with Crippen molar-refractivity contribution in [1.29, 1.82) is 0 Å². The fraction of sp³-hybridized carbons (Fsp3) is 0.556. The fourth-order valence-corrected chi connectivity index (χ4v) is 1.90. The first kappa shape index (κ1) is 9.05. The summed E-state index contributed by atoms with van der Waals surface area (Å²) in [6.07, 6.45) is 2.26. The molecule has 0 bridgehead atoms. The number of hydrogen-bond acceptors (Lipinski definition) is 3. The molecule has 0 aliphatic carbocycles. The summed E-state index contributed by atoms with van der Waals surface area (Å²) in [6, 6.07) is 0. The summed E-state index contributed by atoms with van der Waals surface area (Å²) in [5.74, 6) is -0.962. The van der Waals surface area contributed by atoms with Crippen LogP contribution in [-0.2, 0) is 0 Å². The maximum Gasteiger partial charge on any atom is 0.358 e. The van der Waals surface area contributed by atoms with Crippen LogP contribution in [0.5, 0.6) is 0 Å². The van der Waals surface area contributed by atoms with Crippen molar-refractivity contribution in [3.05, 3.63) is 11.4 Å². The van der Waals surface area contributed by atoms with Gasteiger partial charge in [0.1, 0.15) is 0 Å². The van der Waals surface area contributed by atoms with Crippen molar-refractivity contribution < 1.29 is 9.90 Å². The van der Waals surface area contributed by atoms with E-state index in [1.54, 1.807) is 0 Å². The Hall–Kier alpha value is -1.52. The molecule has 0 radical (unpaired) electrons. The van der Waals surface area contributed by atoms with Crippen LogP contribution in [-0.4, -0.2) is 34.4 Å². The van der Waals surface area contributed by atoms with E-state index in [-0.39, 0.29) is 5.69 Å². The van der Waals surface area contributed by atoms with Crippen LogP contribution in [0.15, 0.2) is 0 Å². The lowest BCUT2D eigenvalue weighted by molar-refractivity contribution is 0.0691. The van der Waals surface area contributed by atoms with Gasteiger partial charge in [0.05, 0.1) is 11.4 Å². The third kappa shape index (κ3) is 1.34. The molecule has 0 amide bonds. The Morgan fingerprint density at radius 3 is 2.71 bits per heavy atom. The molecule has 0 aromatic carbocycles. The highest BCUT2D eigenvalue weighted by Crippen LogP contribution is 2.26. The SMILES string of the molecule is Cc1[nH]nc(C(=O)O)c1N1CCCC1. The molecule has 1 fully saturated rings. The second-order valence-corrected chi connectivity index (χ2v) is 3.55. The Balaban J connectivity index is 2.38. The van der Waals surface area contributed by atoms with E-state index in [1.807, 2.05) is 6.92 Å². The molecule has 5 heteroatoms. The Labute approximate surface area is 81.7 Å². The molecule has 0 unspecified atom stereocenters. The number of hydrogen-bond donors (Lipinski definition) is 2. The summed E-state index contributed by atoms with van der Waals surface area (Å²) in [6.45, 7) is 3.72. The zero-order chi connectivity index (χ0) is 10.1. The summed E-state index contributed by atoms with van der Waals surface area (Å²) >= 11 is 0. The lowest BCUT2D eigenvalue weighted by Gasteiger charge is -2.16. The molecule has 5 nitrogen and oxygen atoms in total. The highest BCUT2D eigenvalue weighted by molar-refractivity contribution is 5.93. The van der Waals surface area contributed by atoms with Crippen molar-refractivity contribution in [2.24, 2.45) is 0 Å².